The lowest BCUT2D eigenvalue weighted by Crippen LogP contribution is -2.04. The van der Waals surface area contributed by atoms with Crippen LogP contribution >= 0.6 is 11.6 Å². The van der Waals surface area contributed by atoms with Crippen molar-refractivity contribution in [3.05, 3.63) is 58.4 Å². The van der Waals surface area contributed by atoms with E-state index in [1.165, 1.54) is 32.4 Å². The molecular formula is C15H12ClFO3. The molecule has 0 heterocycles. The maximum atomic E-state index is 13.4. The maximum Gasteiger partial charge on any atom is 0.194 e. The predicted octanol–water partition coefficient (Wildman–Crippen LogP) is 3.73. The highest BCUT2D eigenvalue weighted by molar-refractivity contribution is 6.35. The topological polar surface area (TPSA) is 35.5 Å². The van der Waals surface area contributed by atoms with Crippen LogP contribution in [-0.4, -0.2) is 20.0 Å². The standard InChI is InChI=1S/C15H12ClFO3/c1-19-10-6-9(7-11(8-10)20-2)15(18)12-4-3-5-13(17)14(12)16/h3-8H,1-2H3. The highest BCUT2D eigenvalue weighted by Gasteiger charge is 2.17. The van der Waals surface area contributed by atoms with Crippen molar-refractivity contribution in [3.8, 4) is 11.5 Å². The Morgan fingerprint density at radius 1 is 1.10 bits per heavy atom. The van der Waals surface area contributed by atoms with Gasteiger partial charge in [-0.15, -0.1) is 0 Å². The van der Waals surface area contributed by atoms with Crippen molar-refractivity contribution in [2.24, 2.45) is 0 Å². The first-order valence-corrected chi connectivity index (χ1v) is 6.16. The van der Waals surface area contributed by atoms with E-state index >= 15 is 0 Å². The molecule has 0 unspecified atom stereocenters. The van der Waals surface area contributed by atoms with Crippen molar-refractivity contribution in [2.45, 2.75) is 0 Å². The van der Waals surface area contributed by atoms with Crippen LogP contribution in [0.15, 0.2) is 36.4 Å². The molecule has 20 heavy (non-hydrogen) atoms. The average Bonchev–Trinajstić information content (AvgIpc) is 2.48. The lowest BCUT2D eigenvalue weighted by atomic mass is 10.0. The molecule has 0 aliphatic heterocycles. The lowest BCUT2D eigenvalue weighted by molar-refractivity contribution is 0.103. The molecule has 0 aliphatic carbocycles. The summed E-state index contributed by atoms with van der Waals surface area (Å²) < 4.78 is 23.6. The summed E-state index contributed by atoms with van der Waals surface area (Å²) in [4.78, 5) is 12.4. The fourth-order valence-corrected chi connectivity index (χ4v) is 1.99. The minimum atomic E-state index is -0.632. The van der Waals surface area contributed by atoms with E-state index in [2.05, 4.69) is 0 Å². The van der Waals surface area contributed by atoms with E-state index in [1.54, 1.807) is 18.2 Å². The van der Waals surface area contributed by atoms with Gasteiger partial charge in [-0.3, -0.25) is 4.79 Å². The van der Waals surface area contributed by atoms with Crippen LogP contribution in [0.5, 0.6) is 11.5 Å². The molecule has 0 aliphatic rings. The number of methoxy groups -OCH3 is 2. The first-order chi connectivity index (χ1) is 9.56. The van der Waals surface area contributed by atoms with Gasteiger partial charge in [0, 0.05) is 17.2 Å². The van der Waals surface area contributed by atoms with E-state index in [4.69, 9.17) is 21.1 Å². The molecule has 3 nitrogen and oxygen atoms in total. The van der Waals surface area contributed by atoms with Gasteiger partial charge >= 0.3 is 0 Å². The maximum absolute atomic E-state index is 13.4. The molecule has 0 saturated carbocycles. The molecule has 2 rings (SSSR count). The van der Waals surface area contributed by atoms with Crippen LogP contribution in [-0.2, 0) is 0 Å². The average molecular weight is 295 g/mol. The molecule has 0 amide bonds. The molecule has 2 aromatic rings. The van der Waals surface area contributed by atoms with Gasteiger partial charge in [0.2, 0.25) is 0 Å². The molecule has 0 atom stereocenters. The van der Waals surface area contributed by atoms with Gasteiger partial charge in [0.15, 0.2) is 5.78 Å². The minimum Gasteiger partial charge on any atom is -0.497 e. The van der Waals surface area contributed by atoms with Crippen molar-refractivity contribution in [2.75, 3.05) is 14.2 Å². The molecule has 0 N–H and O–H groups in total. The van der Waals surface area contributed by atoms with Gasteiger partial charge < -0.3 is 9.47 Å². The van der Waals surface area contributed by atoms with E-state index in [0.29, 0.717) is 17.1 Å². The van der Waals surface area contributed by atoms with Crippen LogP contribution in [0, 0.1) is 5.82 Å². The molecular weight excluding hydrogens is 283 g/mol. The van der Waals surface area contributed by atoms with Crippen LogP contribution < -0.4 is 9.47 Å². The fourth-order valence-electron chi connectivity index (χ4n) is 1.77. The summed E-state index contributed by atoms with van der Waals surface area (Å²) in [5, 5.41) is -0.195. The predicted molar refractivity (Wildman–Crippen MR) is 74.4 cm³/mol. The van der Waals surface area contributed by atoms with Crippen LogP contribution in [0.2, 0.25) is 5.02 Å². The molecule has 0 radical (unpaired) electrons. The monoisotopic (exact) mass is 294 g/mol. The van der Waals surface area contributed by atoms with Crippen molar-refractivity contribution in [3.63, 3.8) is 0 Å². The third-order valence-electron chi connectivity index (χ3n) is 2.81. The van der Waals surface area contributed by atoms with Gasteiger partial charge in [-0.25, -0.2) is 4.39 Å². The number of hydrogen-bond donors (Lipinski definition) is 0. The van der Waals surface area contributed by atoms with Crippen LogP contribution in [0.3, 0.4) is 0 Å². The Labute approximate surface area is 120 Å². The van der Waals surface area contributed by atoms with Gasteiger partial charge in [0.05, 0.1) is 19.2 Å². The first-order valence-electron chi connectivity index (χ1n) is 5.78. The second-order valence-electron chi connectivity index (χ2n) is 4.03. The van der Waals surface area contributed by atoms with Gasteiger partial charge in [0.1, 0.15) is 17.3 Å². The summed E-state index contributed by atoms with van der Waals surface area (Å²) in [6, 6.07) is 8.85. The number of benzene rings is 2. The number of hydrogen-bond acceptors (Lipinski definition) is 3. The Morgan fingerprint density at radius 3 is 2.25 bits per heavy atom. The summed E-state index contributed by atoms with van der Waals surface area (Å²) in [7, 11) is 2.97. The van der Waals surface area contributed by atoms with Crippen LogP contribution in [0.25, 0.3) is 0 Å². The zero-order chi connectivity index (χ0) is 14.7. The van der Waals surface area contributed by atoms with E-state index in [0.717, 1.165) is 0 Å². The van der Waals surface area contributed by atoms with Crippen molar-refractivity contribution < 1.29 is 18.7 Å². The number of ketones is 1. The first kappa shape index (κ1) is 14.3. The largest absolute Gasteiger partial charge is 0.497 e. The summed E-state index contributed by atoms with van der Waals surface area (Å²) in [5.41, 5.74) is 0.413. The summed E-state index contributed by atoms with van der Waals surface area (Å²) in [5.74, 6) is -0.0838. The Hall–Kier alpha value is -2.07. The second kappa shape index (κ2) is 5.92. The van der Waals surface area contributed by atoms with E-state index in [-0.39, 0.29) is 10.6 Å². The molecule has 0 spiro atoms. The van der Waals surface area contributed by atoms with E-state index in [1.807, 2.05) is 0 Å². The lowest BCUT2D eigenvalue weighted by Gasteiger charge is -2.09. The molecule has 0 bridgehead atoms. The zero-order valence-corrected chi connectivity index (χ0v) is 11.7. The highest BCUT2D eigenvalue weighted by atomic mass is 35.5. The van der Waals surface area contributed by atoms with Gasteiger partial charge in [-0.2, -0.15) is 0 Å². The van der Waals surface area contributed by atoms with Crippen LogP contribution in [0.4, 0.5) is 4.39 Å². The second-order valence-corrected chi connectivity index (χ2v) is 4.41. The zero-order valence-electron chi connectivity index (χ0n) is 10.9. The van der Waals surface area contributed by atoms with Crippen molar-refractivity contribution in [1.82, 2.24) is 0 Å². The summed E-state index contributed by atoms with van der Waals surface area (Å²) in [6.45, 7) is 0. The third kappa shape index (κ3) is 2.75. The SMILES string of the molecule is COc1cc(OC)cc(C(=O)c2cccc(F)c2Cl)c1. The smallest absolute Gasteiger partial charge is 0.194 e. The van der Waals surface area contributed by atoms with Gasteiger partial charge in [-0.05, 0) is 24.3 Å². The van der Waals surface area contributed by atoms with E-state index in [9.17, 15) is 9.18 Å². The van der Waals surface area contributed by atoms with Crippen molar-refractivity contribution >= 4 is 17.4 Å². The molecule has 5 heteroatoms. The summed E-state index contributed by atoms with van der Waals surface area (Å²) >= 11 is 5.83. The highest BCUT2D eigenvalue weighted by Crippen LogP contribution is 2.27. The molecule has 0 saturated heterocycles. The number of halogens is 2. The molecule has 0 fully saturated rings. The number of ether oxygens (including phenoxy) is 2. The number of rotatable bonds is 4. The summed E-state index contributed by atoms with van der Waals surface area (Å²) in [6.07, 6.45) is 0. The van der Waals surface area contributed by atoms with Gasteiger partial charge in [0.25, 0.3) is 0 Å². The van der Waals surface area contributed by atoms with Crippen LogP contribution in [0.1, 0.15) is 15.9 Å². The number of carbonyl (C=O) groups is 1. The Kier molecular flexibility index (Phi) is 4.25. The number of carbonyl (C=O) groups excluding carboxylic acids is 1. The van der Waals surface area contributed by atoms with Crippen molar-refractivity contribution in [1.29, 1.82) is 0 Å². The Morgan fingerprint density at radius 2 is 1.70 bits per heavy atom. The van der Waals surface area contributed by atoms with Gasteiger partial charge in [-0.1, -0.05) is 17.7 Å². The van der Waals surface area contributed by atoms with E-state index < -0.39 is 11.6 Å². The minimum absolute atomic E-state index is 0.0990. The molecule has 104 valence electrons. The molecule has 2 aromatic carbocycles. The third-order valence-corrected chi connectivity index (χ3v) is 3.19. The quantitative estimate of drug-likeness (QED) is 0.806. The Bertz CT molecular complexity index is 633. The Balaban J connectivity index is 2.50. The molecule has 0 aromatic heterocycles. The normalized spacial score (nSPS) is 10.2. The fraction of sp³-hybridized carbons (Fsp3) is 0.133.